The van der Waals surface area contributed by atoms with E-state index in [2.05, 4.69) is 10.6 Å². The molecule has 0 radical (unpaired) electrons. The molecule has 0 fully saturated rings. The number of anilines is 1. The zero-order valence-corrected chi connectivity index (χ0v) is 15.9. The topological polar surface area (TPSA) is 85.9 Å². The van der Waals surface area contributed by atoms with Gasteiger partial charge >= 0.3 is 6.03 Å². The number of ketones is 1. The van der Waals surface area contributed by atoms with Crippen LogP contribution in [-0.4, -0.2) is 39.7 Å². The molecule has 7 nitrogen and oxygen atoms in total. The minimum absolute atomic E-state index is 0.0173. The number of carbonyl (C=O) groups excluding carboxylic acids is 2. The summed E-state index contributed by atoms with van der Waals surface area (Å²) in [6, 6.07) is 10.1. The Labute approximate surface area is 158 Å². The van der Waals surface area contributed by atoms with Gasteiger partial charge in [-0.3, -0.25) is 4.79 Å². The molecule has 0 aliphatic carbocycles. The first-order chi connectivity index (χ1) is 13.0. The van der Waals surface area contributed by atoms with Crippen LogP contribution in [0.3, 0.4) is 0 Å². The van der Waals surface area contributed by atoms with Crippen LogP contribution in [0, 0.1) is 0 Å². The van der Waals surface area contributed by atoms with Crippen LogP contribution in [0.5, 0.6) is 17.2 Å². The molecule has 7 heteroatoms. The largest absolute Gasteiger partial charge is 0.493 e. The first-order valence-corrected chi connectivity index (χ1v) is 8.43. The zero-order valence-electron chi connectivity index (χ0n) is 15.9. The highest BCUT2D eigenvalue weighted by Gasteiger charge is 2.13. The number of rotatable bonds is 8. The Morgan fingerprint density at radius 3 is 2.00 bits per heavy atom. The predicted octanol–water partition coefficient (Wildman–Crippen LogP) is 3.28. The number of urea groups is 1. The fourth-order valence-corrected chi connectivity index (χ4v) is 2.56. The van der Waals surface area contributed by atoms with Gasteiger partial charge in [0.15, 0.2) is 17.3 Å². The van der Waals surface area contributed by atoms with Crippen molar-refractivity contribution in [2.75, 3.05) is 33.2 Å². The van der Waals surface area contributed by atoms with Gasteiger partial charge in [0, 0.05) is 17.8 Å². The van der Waals surface area contributed by atoms with Gasteiger partial charge in [-0.2, -0.15) is 0 Å². The number of carbonyl (C=O) groups is 2. The molecule has 2 aromatic rings. The molecular formula is C20H24N2O5. The Morgan fingerprint density at radius 1 is 0.926 bits per heavy atom. The molecule has 27 heavy (non-hydrogen) atoms. The van der Waals surface area contributed by atoms with Crippen molar-refractivity contribution in [3.63, 3.8) is 0 Å². The van der Waals surface area contributed by atoms with Crippen LogP contribution in [0.4, 0.5) is 10.5 Å². The summed E-state index contributed by atoms with van der Waals surface area (Å²) in [5, 5.41) is 5.52. The van der Waals surface area contributed by atoms with E-state index in [4.69, 9.17) is 14.2 Å². The summed E-state index contributed by atoms with van der Waals surface area (Å²) >= 11 is 0. The molecule has 0 heterocycles. The average molecular weight is 372 g/mol. The number of amides is 2. The molecule has 0 aliphatic heterocycles. The second-order valence-corrected chi connectivity index (χ2v) is 5.80. The first-order valence-electron chi connectivity index (χ1n) is 8.43. The van der Waals surface area contributed by atoms with Crippen LogP contribution in [0.25, 0.3) is 0 Å². The van der Waals surface area contributed by atoms with Crippen molar-refractivity contribution in [2.45, 2.75) is 13.3 Å². The van der Waals surface area contributed by atoms with E-state index in [1.54, 1.807) is 45.6 Å². The van der Waals surface area contributed by atoms with Crippen LogP contribution >= 0.6 is 0 Å². The van der Waals surface area contributed by atoms with Crippen LogP contribution in [-0.2, 0) is 6.42 Å². The predicted molar refractivity (Wildman–Crippen MR) is 103 cm³/mol. The van der Waals surface area contributed by atoms with E-state index in [1.165, 1.54) is 6.92 Å². The Morgan fingerprint density at radius 2 is 1.52 bits per heavy atom. The molecule has 0 bridgehead atoms. The molecule has 0 spiro atoms. The van der Waals surface area contributed by atoms with Gasteiger partial charge in [0.25, 0.3) is 0 Å². The number of methoxy groups -OCH3 is 3. The fourth-order valence-electron chi connectivity index (χ4n) is 2.56. The summed E-state index contributed by atoms with van der Waals surface area (Å²) in [5.41, 5.74) is 2.16. The normalized spacial score (nSPS) is 10.1. The van der Waals surface area contributed by atoms with Crippen LogP contribution in [0.1, 0.15) is 22.8 Å². The van der Waals surface area contributed by atoms with E-state index < -0.39 is 0 Å². The highest BCUT2D eigenvalue weighted by molar-refractivity contribution is 5.95. The standard InChI is InChI=1S/C20H24N2O5/c1-13(23)15-5-7-16(8-6-15)22-20(24)21-10-9-14-11-17(25-2)19(27-4)18(12-14)26-3/h5-8,11-12H,9-10H2,1-4H3,(H2,21,22,24). The first kappa shape index (κ1) is 20.1. The number of hydrogen-bond donors (Lipinski definition) is 2. The monoisotopic (exact) mass is 372 g/mol. The average Bonchev–Trinajstić information content (AvgIpc) is 2.67. The minimum atomic E-state index is -0.321. The van der Waals surface area contributed by atoms with Gasteiger partial charge in [-0.05, 0) is 55.3 Å². The number of ether oxygens (including phenoxy) is 3. The van der Waals surface area contributed by atoms with Crippen molar-refractivity contribution in [2.24, 2.45) is 0 Å². The molecule has 0 aliphatic rings. The summed E-state index contributed by atoms with van der Waals surface area (Å²) in [6.45, 7) is 1.92. The lowest BCUT2D eigenvalue weighted by atomic mass is 10.1. The maximum absolute atomic E-state index is 12.0. The lowest BCUT2D eigenvalue weighted by Gasteiger charge is -2.14. The van der Waals surface area contributed by atoms with E-state index in [1.807, 2.05) is 12.1 Å². The summed E-state index contributed by atoms with van der Waals surface area (Å²) in [6.07, 6.45) is 0.591. The van der Waals surface area contributed by atoms with Crippen molar-refractivity contribution < 1.29 is 23.8 Å². The maximum atomic E-state index is 12.0. The molecule has 144 valence electrons. The Hall–Kier alpha value is -3.22. The molecule has 2 N–H and O–H groups in total. The van der Waals surface area contributed by atoms with Gasteiger partial charge < -0.3 is 24.8 Å². The van der Waals surface area contributed by atoms with Crippen molar-refractivity contribution in [3.05, 3.63) is 47.5 Å². The third-order valence-corrected chi connectivity index (χ3v) is 3.97. The smallest absolute Gasteiger partial charge is 0.319 e. The van der Waals surface area contributed by atoms with Crippen molar-refractivity contribution in [3.8, 4) is 17.2 Å². The van der Waals surface area contributed by atoms with Crippen molar-refractivity contribution >= 4 is 17.5 Å². The summed E-state index contributed by atoms with van der Waals surface area (Å²) in [7, 11) is 4.67. The SMILES string of the molecule is COc1cc(CCNC(=O)Nc2ccc(C(C)=O)cc2)cc(OC)c1OC. The molecular weight excluding hydrogens is 348 g/mol. The zero-order chi connectivity index (χ0) is 19.8. The molecule has 0 unspecified atom stereocenters. The molecule has 2 aromatic carbocycles. The summed E-state index contributed by atoms with van der Waals surface area (Å²) < 4.78 is 15.9. The lowest BCUT2D eigenvalue weighted by molar-refractivity contribution is 0.101. The van der Waals surface area contributed by atoms with Crippen molar-refractivity contribution in [1.29, 1.82) is 0 Å². The highest BCUT2D eigenvalue weighted by atomic mass is 16.5. The highest BCUT2D eigenvalue weighted by Crippen LogP contribution is 2.38. The number of hydrogen-bond acceptors (Lipinski definition) is 5. The number of Topliss-reactive ketones (excluding diaryl/α,β-unsaturated/α-hetero) is 1. The van der Waals surface area contributed by atoms with Crippen LogP contribution in [0.2, 0.25) is 0 Å². The van der Waals surface area contributed by atoms with Crippen molar-refractivity contribution in [1.82, 2.24) is 5.32 Å². The van der Waals surface area contributed by atoms with Gasteiger partial charge in [0.2, 0.25) is 5.75 Å². The number of nitrogens with one attached hydrogen (secondary N) is 2. The molecule has 0 saturated carbocycles. The summed E-state index contributed by atoms with van der Waals surface area (Å²) in [5.74, 6) is 1.66. The molecule has 2 amide bonds. The molecule has 0 saturated heterocycles. The van der Waals surface area contributed by atoms with E-state index in [0.29, 0.717) is 41.5 Å². The maximum Gasteiger partial charge on any atom is 0.319 e. The minimum Gasteiger partial charge on any atom is -0.493 e. The van der Waals surface area contributed by atoms with E-state index in [9.17, 15) is 9.59 Å². The van der Waals surface area contributed by atoms with Gasteiger partial charge in [-0.25, -0.2) is 4.79 Å². The molecule has 2 rings (SSSR count). The van der Waals surface area contributed by atoms with E-state index in [0.717, 1.165) is 5.56 Å². The van der Waals surface area contributed by atoms with Gasteiger partial charge in [-0.15, -0.1) is 0 Å². The third kappa shape index (κ3) is 5.37. The van der Waals surface area contributed by atoms with Gasteiger partial charge in [0.1, 0.15) is 0 Å². The fraction of sp³-hybridized carbons (Fsp3) is 0.300. The Balaban J connectivity index is 1.91. The lowest BCUT2D eigenvalue weighted by Crippen LogP contribution is -2.30. The third-order valence-electron chi connectivity index (χ3n) is 3.97. The van der Waals surface area contributed by atoms with Crippen LogP contribution < -0.4 is 24.8 Å². The molecule has 0 aromatic heterocycles. The Kier molecular flexibility index (Phi) is 7.05. The van der Waals surface area contributed by atoms with Gasteiger partial charge in [-0.1, -0.05) is 0 Å². The summed E-state index contributed by atoms with van der Waals surface area (Å²) in [4.78, 5) is 23.3. The Bertz CT molecular complexity index is 778. The second kappa shape index (κ2) is 9.47. The number of benzene rings is 2. The van der Waals surface area contributed by atoms with Gasteiger partial charge in [0.05, 0.1) is 21.3 Å². The van der Waals surface area contributed by atoms with E-state index >= 15 is 0 Å². The van der Waals surface area contributed by atoms with E-state index in [-0.39, 0.29) is 11.8 Å². The van der Waals surface area contributed by atoms with Crippen LogP contribution in [0.15, 0.2) is 36.4 Å². The quantitative estimate of drug-likeness (QED) is 0.695. The molecule has 0 atom stereocenters. The second-order valence-electron chi connectivity index (χ2n) is 5.80.